The quantitative estimate of drug-likeness (QED) is 0.237. The minimum atomic E-state index is -1.07. The van der Waals surface area contributed by atoms with E-state index in [1.807, 2.05) is 11.8 Å². The fraction of sp³-hybridized carbons (Fsp3) is 0.552. The lowest BCUT2D eigenvalue weighted by Crippen LogP contribution is -2.46. The molecule has 2 fully saturated rings. The molecule has 2 aliphatic heterocycles. The van der Waals surface area contributed by atoms with E-state index in [1.165, 1.54) is 0 Å². The van der Waals surface area contributed by atoms with Crippen LogP contribution >= 0.6 is 34.5 Å². The third-order valence-electron chi connectivity index (χ3n) is 8.16. The van der Waals surface area contributed by atoms with Crippen LogP contribution in [0.15, 0.2) is 12.4 Å². The number of hydrogen-bond acceptors (Lipinski definition) is 11. The first-order chi connectivity index (χ1) is 21.1. The molecule has 0 amide bonds. The molecule has 0 radical (unpaired) electrons. The Hall–Kier alpha value is -2.81. The van der Waals surface area contributed by atoms with E-state index in [0.717, 1.165) is 50.6 Å². The summed E-state index contributed by atoms with van der Waals surface area (Å²) < 4.78 is 6.06. The van der Waals surface area contributed by atoms with Crippen LogP contribution in [0.2, 0.25) is 10.0 Å². The number of piperazine rings is 1. The molecule has 2 atom stereocenters. The molecule has 3 N–H and O–H groups in total. The zero-order chi connectivity index (χ0) is 31.4. The van der Waals surface area contributed by atoms with Gasteiger partial charge < -0.3 is 29.9 Å². The summed E-state index contributed by atoms with van der Waals surface area (Å²) in [4.78, 5) is 48.8. The SMILES string of the molecule is CCO[C@H]1CN(c2nc(-c3cnc(NCCN4CCN(C)CC4)cn3)c(C(=O)O)s2)CC[C@H]1CC(=O)c1[nH]c(C)c(Cl)c1Cl. The van der Waals surface area contributed by atoms with E-state index in [-0.39, 0.29) is 39.8 Å². The Kier molecular flexibility index (Phi) is 10.8. The van der Waals surface area contributed by atoms with Crippen LogP contribution in [0.3, 0.4) is 0 Å². The number of anilines is 2. The number of aromatic amines is 1. The predicted molar refractivity (Wildman–Crippen MR) is 173 cm³/mol. The molecule has 2 aliphatic rings. The Bertz CT molecular complexity index is 1460. The number of carboxylic acid groups (broad SMARTS) is 1. The summed E-state index contributed by atoms with van der Waals surface area (Å²) in [6.45, 7) is 11.1. The number of nitrogens with zero attached hydrogens (tertiary/aromatic N) is 6. The summed E-state index contributed by atoms with van der Waals surface area (Å²) in [6.07, 6.45) is 3.84. The number of carbonyl (C=O) groups excluding carboxylic acids is 1. The Labute approximate surface area is 270 Å². The maximum atomic E-state index is 13.1. The van der Waals surface area contributed by atoms with Crippen LogP contribution < -0.4 is 10.2 Å². The van der Waals surface area contributed by atoms with Crippen LogP contribution in [0, 0.1) is 12.8 Å². The summed E-state index contributed by atoms with van der Waals surface area (Å²) in [5.41, 5.74) is 1.66. The van der Waals surface area contributed by atoms with Gasteiger partial charge in [0.2, 0.25) is 0 Å². The minimum Gasteiger partial charge on any atom is -0.477 e. The first kappa shape index (κ1) is 32.6. The molecule has 0 bridgehead atoms. The zero-order valence-corrected chi connectivity index (χ0v) is 27.4. The molecule has 44 heavy (non-hydrogen) atoms. The third-order valence-corrected chi connectivity index (χ3v) is 10.2. The molecule has 0 aromatic carbocycles. The molecule has 238 valence electrons. The number of aryl methyl sites for hydroxylation is 1. The number of aromatic carboxylic acids is 1. The van der Waals surface area contributed by atoms with Crippen molar-refractivity contribution in [1.82, 2.24) is 29.7 Å². The molecule has 2 saturated heterocycles. The van der Waals surface area contributed by atoms with Crippen LogP contribution in [0.1, 0.15) is 45.6 Å². The number of hydrogen-bond donors (Lipinski definition) is 3. The van der Waals surface area contributed by atoms with Crippen molar-refractivity contribution in [2.75, 3.05) is 76.2 Å². The topological polar surface area (TPSA) is 140 Å². The van der Waals surface area contributed by atoms with E-state index in [1.54, 1.807) is 19.3 Å². The second-order valence-corrected chi connectivity index (χ2v) is 12.9. The van der Waals surface area contributed by atoms with Crippen LogP contribution in [0.5, 0.6) is 0 Å². The Morgan fingerprint density at radius 2 is 1.93 bits per heavy atom. The van der Waals surface area contributed by atoms with Crippen LogP contribution in [0.25, 0.3) is 11.4 Å². The highest BCUT2D eigenvalue weighted by Gasteiger charge is 2.35. The average Bonchev–Trinajstić information content (AvgIpc) is 3.57. The van der Waals surface area contributed by atoms with Crippen LogP contribution in [-0.2, 0) is 4.74 Å². The van der Waals surface area contributed by atoms with Crippen molar-refractivity contribution in [2.45, 2.75) is 32.8 Å². The number of halogens is 2. The maximum Gasteiger partial charge on any atom is 0.348 e. The van der Waals surface area contributed by atoms with Crippen molar-refractivity contribution in [2.24, 2.45) is 5.92 Å². The molecule has 0 saturated carbocycles. The lowest BCUT2D eigenvalue weighted by Gasteiger charge is -2.38. The minimum absolute atomic E-state index is 0.0438. The van der Waals surface area contributed by atoms with Crippen molar-refractivity contribution in [1.29, 1.82) is 0 Å². The number of aromatic nitrogens is 4. The zero-order valence-electron chi connectivity index (χ0n) is 25.1. The fourth-order valence-electron chi connectivity index (χ4n) is 5.60. The number of H-pyrrole nitrogens is 1. The third kappa shape index (κ3) is 7.52. The number of ketones is 1. The molecule has 12 nitrogen and oxygen atoms in total. The van der Waals surface area contributed by atoms with Gasteiger partial charge in [-0.2, -0.15) is 0 Å². The molecular formula is C29H38Cl2N8O4S. The Morgan fingerprint density at radius 1 is 1.16 bits per heavy atom. The monoisotopic (exact) mass is 664 g/mol. The number of piperidine rings is 1. The molecular weight excluding hydrogens is 627 g/mol. The number of thiazole rings is 1. The molecule has 0 unspecified atom stereocenters. The molecule has 5 rings (SSSR count). The number of likely N-dealkylation sites (N-methyl/N-ethyl adjacent to an activating group) is 1. The van der Waals surface area contributed by atoms with Gasteiger partial charge in [0.05, 0.1) is 28.5 Å². The van der Waals surface area contributed by atoms with Crippen LogP contribution in [-0.4, -0.2) is 119 Å². The number of rotatable bonds is 12. The van der Waals surface area contributed by atoms with Gasteiger partial charge in [0.25, 0.3) is 0 Å². The number of carboxylic acids is 1. The van der Waals surface area contributed by atoms with E-state index >= 15 is 0 Å². The standard InChI is InChI=1S/C29H38Cl2N8O4S/c1-4-43-21-16-39(7-5-18(21)13-20(40)26-24(31)23(30)17(2)35-26)29-36-25(27(44-29)28(41)42)19-14-34-22(15-33-19)32-6-8-38-11-9-37(3)10-12-38/h14-15,18,21,35H,4-13,16H2,1-3H3,(H,32,34)(H,41,42)/t18-,21-/m0/s1. The van der Waals surface area contributed by atoms with E-state index in [0.29, 0.717) is 59.2 Å². The Morgan fingerprint density at radius 3 is 2.57 bits per heavy atom. The van der Waals surface area contributed by atoms with Gasteiger partial charge in [-0.05, 0) is 33.2 Å². The highest BCUT2D eigenvalue weighted by Crippen LogP contribution is 2.36. The van der Waals surface area contributed by atoms with Crippen molar-refractivity contribution in [3.05, 3.63) is 38.7 Å². The first-order valence-corrected chi connectivity index (χ1v) is 16.4. The molecule has 0 aliphatic carbocycles. The average molecular weight is 666 g/mol. The van der Waals surface area contributed by atoms with E-state index in [2.05, 4.69) is 37.1 Å². The normalized spacial score (nSPS) is 19.8. The van der Waals surface area contributed by atoms with Crippen molar-refractivity contribution >= 4 is 57.2 Å². The summed E-state index contributed by atoms with van der Waals surface area (Å²) in [7, 11) is 2.14. The van der Waals surface area contributed by atoms with Crippen molar-refractivity contribution in [3.8, 4) is 11.4 Å². The van der Waals surface area contributed by atoms with E-state index in [9.17, 15) is 14.7 Å². The highest BCUT2D eigenvalue weighted by atomic mass is 35.5. The largest absolute Gasteiger partial charge is 0.477 e. The van der Waals surface area contributed by atoms with Gasteiger partial charge in [0.15, 0.2) is 10.9 Å². The first-order valence-electron chi connectivity index (χ1n) is 14.8. The number of carbonyl (C=O) groups is 2. The van der Waals surface area contributed by atoms with E-state index in [4.69, 9.17) is 32.9 Å². The smallest absolute Gasteiger partial charge is 0.348 e. The molecule has 0 spiro atoms. The summed E-state index contributed by atoms with van der Waals surface area (Å²) >= 11 is 13.6. The van der Waals surface area contributed by atoms with Gasteiger partial charge in [-0.3, -0.25) is 9.69 Å². The van der Waals surface area contributed by atoms with Gasteiger partial charge >= 0.3 is 5.97 Å². The summed E-state index contributed by atoms with van der Waals surface area (Å²) in [5.74, 6) is -0.602. The van der Waals surface area contributed by atoms with Crippen molar-refractivity contribution < 1.29 is 19.4 Å². The summed E-state index contributed by atoms with van der Waals surface area (Å²) in [6, 6.07) is 0. The highest BCUT2D eigenvalue weighted by molar-refractivity contribution is 7.17. The van der Waals surface area contributed by atoms with Gasteiger partial charge in [-0.15, -0.1) is 0 Å². The van der Waals surface area contributed by atoms with Gasteiger partial charge in [0, 0.05) is 71.1 Å². The lowest BCUT2D eigenvalue weighted by molar-refractivity contribution is 0.0103. The Balaban J connectivity index is 1.24. The lowest BCUT2D eigenvalue weighted by atomic mass is 9.88. The van der Waals surface area contributed by atoms with Gasteiger partial charge in [-0.1, -0.05) is 34.5 Å². The number of ether oxygens (including phenoxy) is 1. The molecule has 3 aromatic heterocycles. The fourth-order valence-corrected chi connectivity index (χ4v) is 6.98. The molecule has 15 heteroatoms. The predicted octanol–water partition coefficient (Wildman–Crippen LogP) is 4.41. The van der Waals surface area contributed by atoms with E-state index < -0.39 is 5.97 Å². The number of nitrogens with one attached hydrogen (secondary N) is 2. The van der Waals surface area contributed by atoms with Gasteiger partial charge in [-0.25, -0.2) is 19.7 Å². The second-order valence-electron chi connectivity index (χ2n) is 11.2. The number of Topliss-reactive ketones (excluding diaryl/α,β-unsaturated/α-hetero) is 1. The maximum absolute atomic E-state index is 13.1. The molecule has 5 heterocycles. The van der Waals surface area contributed by atoms with Crippen LogP contribution in [0.4, 0.5) is 10.9 Å². The second kappa shape index (κ2) is 14.5. The summed E-state index contributed by atoms with van der Waals surface area (Å²) in [5, 5.41) is 14.4. The van der Waals surface area contributed by atoms with Gasteiger partial charge in [0.1, 0.15) is 27.8 Å². The van der Waals surface area contributed by atoms with Crippen molar-refractivity contribution in [3.63, 3.8) is 0 Å². The molecule has 3 aromatic rings.